The van der Waals surface area contributed by atoms with E-state index in [1.807, 2.05) is 30.3 Å². The molecule has 302 valence electrons. The van der Waals surface area contributed by atoms with Crippen LogP contribution in [0, 0.1) is 0 Å². The number of amidine groups is 1. The number of rotatable bonds is 16. The summed E-state index contributed by atoms with van der Waals surface area (Å²) in [4.78, 5) is 46.7. The van der Waals surface area contributed by atoms with Gasteiger partial charge in [0.2, 0.25) is 0 Å². The predicted octanol–water partition coefficient (Wildman–Crippen LogP) is 11.1. The number of amides is 3. The summed E-state index contributed by atoms with van der Waals surface area (Å²) in [5.74, 6) is -1.56. The maximum Gasteiger partial charge on any atom is 0.279 e. The molecule has 0 aliphatic rings. The van der Waals surface area contributed by atoms with Crippen molar-refractivity contribution in [2.75, 3.05) is 35.2 Å². The highest BCUT2D eigenvalue weighted by Crippen LogP contribution is 2.39. The Morgan fingerprint density at radius 3 is 2.04 bits per heavy atom. The minimum atomic E-state index is -0.737. The number of carbonyl (C=O) groups excluding carboxylic acids is 3. The Kier molecular flexibility index (Phi) is 15.4. The SMILES string of the molecule is CCN(CC)c1ccc(C=C(C(=O)Nc2c(Cl)cc(Cl)cc2Cl)C(N)=NC(=O)c2cccc(NC(=O)COc3ccc(C(C)(C)CC)cc3C(C)(C)CC)c2)cc1. The van der Waals surface area contributed by atoms with Crippen molar-refractivity contribution in [1.29, 1.82) is 0 Å². The number of nitrogens with zero attached hydrogens (tertiary/aromatic N) is 2. The Bertz CT molecular complexity index is 2140. The van der Waals surface area contributed by atoms with Crippen LogP contribution in [0.15, 0.2) is 89.4 Å². The van der Waals surface area contributed by atoms with E-state index in [9.17, 15) is 14.4 Å². The quantitative estimate of drug-likeness (QED) is 0.0586. The van der Waals surface area contributed by atoms with Gasteiger partial charge in [-0.2, -0.15) is 4.99 Å². The van der Waals surface area contributed by atoms with Gasteiger partial charge in [-0.15, -0.1) is 0 Å². The summed E-state index contributed by atoms with van der Waals surface area (Å²) >= 11 is 18.8. The van der Waals surface area contributed by atoms with Gasteiger partial charge in [0.25, 0.3) is 17.7 Å². The number of aliphatic imine (C=N–C) groups is 1. The molecule has 3 amide bonds. The van der Waals surface area contributed by atoms with Crippen molar-refractivity contribution in [2.24, 2.45) is 10.7 Å². The Labute approximate surface area is 351 Å². The average Bonchev–Trinajstić information content (AvgIpc) is 3.18. The first-order valence-electron chi connectivity index (χ1n) is 19.0. The normalized spacial score (nSPS) is 12.3. The summed E-state index contributed by atoms with van der Waals surface area (Å²) in [7, 11) is 0. The molecule has 0 fully saturated rings. The first-order valence-corrected chi connectivity index (χ1v) is 20.1. The molecule has 0 saturated heterocycles. The lowest BCUT2D eigenvalue weighted by Crippen LogP contribution is -2.27. The van der Waals surface area contributed by atoms with Crippen LogP contribution in [0.4, 0.5) is 17.1 Å². The zero-order valence-corrected chi connectivity index (χ0v) is 36.1. The minimum absolute atomic E-state index is 0.00652. The van der Waals surface area contributed by atoms with E-state index in [0.717, 1.165) is 37.2 Å². The fraction of sp³-hybridized carbons (Fsp3) is 0.333. The van der Waals surface area contributed by atoms with Gasteiger partial charge in [-0.25, -0.2) is 0 Å². The molecule has 4 rings (SSSR count). The third-order valence-electron chi connectivity index (χ3n) is 10.3. The fourth-order valence-corrected chi connectivity index (χ4v) is 6.85. The lowest BCUT2D eigenvalue weighted by atomic mass is 9.76. The van der Waals surface area contributed by atoms with Crippen molar-refractivity contribution in [2.45, 2.75) is 79.1 Å². The van der Waals surface area contributed by atoms with Crippen LogP contribution >= 0.6 is 34.8 Å². The molecule has 4 N–H and O–H groups in total. The van der Waals surface area contributed by atoms with Gasteiger partial charge in [-0.3, -0.25) is 14.4 Å². The van der Waals surface area contributed by atoms with Gasteiger partial charge in [0.15, 0.2) is 6.61 Å². The first-order chi connectivity index (χ1) is 26.9. The van der Waals surface area contributed by atoms with Crippen molar-refractivity contribution in [1.82, 2.24) is 0 Å². The van der Waals surface area contributed by atoms with Crippen LogP contribution in [0.25, 0.3) is 6.08 Å². The zero-order chi connectivity index (χ0) is 42.1. The predicted molar refractivity (Wildman–Crippen MR) is 238 cm³/mol. The maximum absolute atomic E-state index is 13.8. The first kappa shape index (κ1) is 44.9. The Hall–Kier alpha value is -4.83. The van der Waals surface area contributed by atoms with Crippen molar-refractivity contribution in [3.8, 4) is 5.75 Å². The molecule has 0 atom stereocenters. The fourth-order valence-electron chi connectivity index (χ4n) is 5.94. The number of nitrogens with two attached hydrogens (primary N) is 1. The lowest BCUT2D eigenvalue weighted by Gasteiger charge is -2.30. The van der Waals surface area contributed by atoms with E-state index in [2.05, 4.69) is 88.0 Å². The number of hydrogen-bond acceptors (Lipinski definition) is 5. The van der Waals surface area contributed by atoms with Crippen molar-refractivity contribution >= 4 is 81.5 Å². The van der Waals surface area contributed by atoms with E-state index in [1.54, 1.807) is 12.1 Å². The molecule has 0 aromatic heterocycles. The van der Waals surface area contributed by atoms with Gasteiger partial charge in [0.1, 0.15) is 11.6 Å². The summed E-state index contributed by atoms with van der Waals surface area (Å²) in [6.07, 6.45) is 3.39. The molecule has 0 bridgehead atoms. The number of halogens is 3. The topological polar surface area (TPSA) is 126 Å². The third-order valence-corrected chi connectivity index (χ3v) is 11.1. The van der Waals surface area contributed by atoms with E-state index < -0.39 is 17.7 Å². The molecule has 4 aromatic carbocycles. The lowest BCUT2D eigenvalue weighted by molar-refractivity contribution is -0.118. The molecule has 0 aliphatic carbocycles. The number of nitrogens with one attached hydrogen (secondary N) is 2. The van der Waals surface area contributed by atoms with Gasteiger partial charge >= 0.3 is 0 Å². The molecule has 0 heterocycles. The monoisotopic (exact) mass is 831 g/mol. The molecule has 57 heavy (non-hydrogen) atoms. The van der Waals surface area contributed by atoms with Gasteiger partial charge in [-0.05, 0) is 103 Å². The van der Waals surface area contributed by atoms with E-state index in [1.165, 1.54) is 35.9 Å². The summed E-state index contributed by atoms with van der Waals surface area (Å²) < 4.78 is 6.09. The van der Waals surface area contributed by atoms with E-state index in [-0.39, 0.29) is 55.2 Å². The van der Waals surface area contributed by atoms with Gasteiger partial charge in [0.05, 0.1) is 21.3 Å². The smallest absolute Gasteiger partial charge is 0.279 e. The number of carbonyl (C=O) groups is 3. The molecule has 9 nitrogen and oxygen atoms in total. The number of benzene rings is 4. The maximum atomic E-state index is 13.8. The van der Waals surface area contributed by atoms with Crippen LogP contribution in [0.2, 0.25) is 15.1 Å². The Morgan fingerprint density at radius 1 is 0.807 bits per heavy atom. The Balaban J connectivity index is 1.57. The van der Waals surface area contributed by atoms with Gasteiger partial charge in [0, 0.05) is 40.6 Å². The second-order valence-electron chi connectivity index (χ2n) is 14.9. The molecule has 0 aliphatic heterocycles. The van der Waals surface area contributed by atoms with Crippen LogP contribution in [0.5, 0.6) is 5.75 Å². The summed E-state index contributed by atoms with van der Waals surface area (Å²) in [5.41, 5.74) is 10.6. The van der Waals surface area contributed by atoms with Crippen molar-refractivity contribution in [3.63, 3.8) is 0 Å². The molecule has 0 radical (unpaired) electrons. The molecule has 0 saturated carbocycles. The van der Waals surface area contributed by atoms with Gasteiger partial charge < -0.3 is 26.0 Å². The Morgan fingerprint density at radius 2 is 1.44 bits per heavy atom. The molecule has 12 heteroatoms. The number of ether oxygens (including phenoxy) is 1. The zero-order valence-electron chi connectivity index (χ0n) is 33.9. The minimum Gasteiger partial charge on any atom is -0.483 e. The third kappa shape index (κ3) is 11.6. The summed E-state index contributed by atoms with van der Waals surface area (Å²) in [5, 5.41) is 5.99. The second kappa shape index (κ2) is 19.5. The van der Waals surface area contributed by atoms with E-state index in [4.69, 9.17) is 45.3 Å². The highest BCUT2D eigenvalue weighted by atomic mass is 35.5. The standard InChI is InChI=1S/C45H52Cl3N5O4/c1-9-44(5,6)30-18-21-38(35(24-30)45(7,8)10-2)57-27-39(54)50-32-15-13-14-29(23-32)42(55)52-41(49)34(22-28-16-19-33(20-17-28)53(11-3)12-4)43(56)51-40-36(47)25-31(46)26-37(40)48/h13-26H,9-12,27H2,1-8H3,(H,50,54)(H,51,56)(H2,49,52,55). The largest absolute Gasteiger partial charge is 0.483 e. The summed E-state index contributed by atoms with van der Waals surface area (Å²) in [6, 6.07) is 22.9. The van der Waals surface area contributed by atoms with E-state index in [0.29, 0.717) is 17.0 Å². The highest BCUT2D eigenvalue weighted by Gasteiger charge is 2.27. The highest BCUT2D eigenvalue weighted by molar-refractivity contribution is 6.43. The van der Waals surface area contributed by atoms with Crippen LogP contribution in [0.3, 0.4) is 0 Å². The second-order valence-corrected chi connectivity index (χ2v) is 16.2. The molecular weight excluding hydrogens is 781 g/mol. The molecular formula is C45H52Cl3N5O4. The van der Waals surface area contributed by atoms with Crippen LogP contribution in [-0.4, -0.2) is 43.3 Å². The van der Waals surface area contributed by atoms with E-state index >= 15 is 0 Å². The molecule has 4 aromatic rings. The van der Waals surface area contributed by atoms with Crippen molar-refractivity contribution < 1.29 is 19.1 Å². The van der Waals surface area contributed by atoms with Gasteiger partial charge in [-0.1, -0.05) is 107 Å². The molecule has 0 spiro atoms. The van der Waals surface area contributed by atoms with Crippen LogP contribution in [-0.2, 0) is 20.4 Å². The van der Waals surface area contributed by atoms with Crippen LogP contribution < -0.4 is 26.0 Å². The van der Waals surface area contributed by atoms with Crippen LogP contribution in [0.1, 0.15) is 95.3 Å². The number of hydrogen-bond donors (Lipinski definition) is 3. The number of anilines is 3. The molecule has 0 unspecified atom stereocenters. The summed E-state index contributed by atoms with van der Waals surface area (Å²) in [6.45, 7) is 18.6. The average molecular weight is 833 g/mol. The van der Waals surface area contributed by atoms with Crippen molar-refractivity contribution in [3.05, 3.63) is 122 Å².